The minimum atomic E-state index is -1.42. The highest BCUT2D eigenvalue weighted by Crippen LogP contribution is 2.36. The second-order valence-electron chi connectivity index (χ2n) is 4.60. The zero-order chi connectivity index (χ0) is 10.5. The molecule has 0 rings (SSSR count). The van der Waals surface area contributed by atoms with Gasteiger partial charge < -0.3 is 0 Å². The van der Waals surface area contributed by atoms with Gasteiger partial charge in [0, 0.05) is 0 Å². The Labute approximate surface area is 85.1 Å². The predicted octanol–water partition coefficient (Wildman–Crippen LogP) is 4.23. The Morgan fingerprint density at radius 1 is 1.15 bits per heavy atom. The third kappa shape index (κ3) is 2.88. The first kappa shape index (κ1) is 12.8. The van der Waals surface area contributed by atoms with E-state index in [1.54, 1.807) is 0 Å². The minimum Gasteiger partial charge on any atom is -0.134 e. The van der Waals surface area contributed by atoms with E-state index in [2.05, 4.69) is 40.2 Å². The number of hydrogen-bond acceptors (Lipinski definition) is 0. The van der Waals surface area contributed by atoms with Crippen molar-refractivity contribution in [1.29, 1.82) is 0 Å². The number of rotatable bonds is 5. The summed E-state index contributed by atoms with van der Waals surface area (Å²) in [4.78, 5) is 0. The summed E-state index contributed by atoms with van der Waals surface area (Å²) in [5.41, 5.74) is 4.64. The van der Waals surface area contributed by atoms with Gasteiger partial charge in [-0.3, -0.25) is 0 Å². The summed E-state index contributed by atoms with van der Waals surface area (Å²) in [7, 11) is -1.42. The van der Waals surface area contributed by atoms with Crippen LogP contribution in [0.15, 0.2) is 0 Å². The fraction of sp³-hybridized carbons (Fsp3) is 0.833. The van der Waals surface area contributed by atoms with E-state index in [0.29, 0.717) is 0 Å². The van der Waals surface area contributed by atoms with Crippen molar-refractivity contribution in [3.8, 4) is 12.0 Å². The largest absolute Gasteiger partial charge is 0.143 e. The van der Waals surface area contributed by atoms with Crippen molar-refractivity contribution in [2.24, 2.45) is 0 Å². The van der Waals surface area contributed by atoms with Crippen LogP contribution in [0.4, 0.5) is 0 Å². The van der Waals surface area contributed by atoms with E-state index in [1.165, 1.54) is 18.9 Å². The average Bonchev–Trinajstić information content (AvgIpc) is 2.05. The van der Waals surface area contributed by atoms with E-state index in [-0.39, 0.29) is 0 Å². The van der Waals surface area contributed by atoms with Crippen molar-refractivity contribution >= 4 is 8.07 Å². The third-order valence-electron chi connectivity index (χ3n) is 3.27. The summed E-state index contributed by atoms with van der Waals surface area (Å²) in [6.45, 7) is 11.5. The summed E-state index contributed by atoms with van der Waals surface area (Å²) in [6, 6.07) is 1.31. The van der Waals surface area contributed by atoms with Crippen molar-refractivity contribution in [2.45, 2.75) is 64.6 Å². The molecule has 13 heavy (non-hydrogen) atoms. The Hall–Kier alpha value is -0.223. The van der Waals surface area contributed by atoms with Crippen molar-refractivity contribution in [3.63, 3.8) is 0 Å². The van der Waals surface area contributed by atoms with Gasteiger partial charge in [-0.1, -0.05) is 47.5 Å². The maximum absolute atomic E-state index is 5.76. The highest BCUT2D eigenvalue weighted by Gasteiger charge is 2.37. The lowest BCUT2D eigenvalue weighted by Crippen LogP contribution is -2.39. The molecule has 0 atom stereocenters. The molecular formula is C12H24Si. The monoisotopic (exact) mass is 196 g/mol. The third-order valence-corrected chi connectivity index (χ3v) is 9.11. The molecule has 0 fully saturated rings. The molecule has 0 spiro atoms. The molecule has 0 nitrogen and oxygen atoms in total. The smallest absolute Gasteiger partial charge is 0.134 e. The summed E-state index contributed by atoms with van der Waals surface area (Å²) in [6.07, 6.45) is 8.35. The molecule has 0 aromatic carbocycles. The van der Waals surface area contributed by atoms with Gasteiger partial charge in [0.05, 0.1) is 0 Å². The van der Waals surface area contributed by atoms with Crippen LogP contribution in [0.1, 0.15) is 47.5 Å². The SMILES string of the molecule is C#C[Si](CCCC)(C(C)C)C(C)C. The van der Waals surface area contributed by atoms with Crippen molar-refractivity contribution in [2.75, 3.05) is 0 Å². The van der Waals surface area contributed by atoms with Crippen LogP contribution in [-0.4, -0.2) is 8.07 Å². The first-order valence-electron chi connectivity index (χ1n) is 5.49. The molecule has 0 radical (unpaired) electrons. The fourth-order valence-electron chi connectivity index (χ4n) is 2.12. The summed E-state index contributed by atoms with van der Waals surface area (Å²) in [5.74, 6) is 0. The topological polar surface area (TPSA) is 0 Å². The molecular weight excluding hydrogens is 172 g/mol. The molecule has 1 heteroatoms. The summed E-state index contributed by atoms with van der Waals surface area (Å²) < 4.78 is 0. The normalized spacial score (nSPS) is 12.2. The highest BCUT2D eigenvalue weighted by molar-refractivity contribution is 6.89. The van der Waals surface area contributed by atoms with Gasteiger partial charge in [-0.15, -0.1) is 12.0 Å². The molecule has 0 aliphatic heterocycles. The molecule has 0 aromatic rings. The van der Waals surface area contributed by atoms with Crippen molar-refractivity contribution in [1.82, 2.24) is 0 Å². The lowest BCUT2D eigenvalue weighted by Gasteiger charge is -2.34. The van der Waals surface area contributed by atoms with E-state index < -0.39 is 8.07 Å². The van der Waals surface area contributed by atoms with Crippen LogP contribution in [-0.2, 0) is 0 Å². The van der Waals surface area contributed by atoms with Crippen LogP contribution in [0.25, 0.3) is 0 Å². The zero-order valence-electron chi connectivity index (χ0n) is 9.85. The Morgan fingerprint density at radius 3 is 1.85 bits per heavy atom. The van der Waals surface area contributed by atoms with Crippen LogP contribution in [0.2, 0.25) is 17.1 Å². The maximum atomic E-state index is 5.76. The van der Waals surface area contributed by atoms with Crippen LogP contribution in [0.5, 0.6) is 0 Å². The standard InChI is InChI=1S/C12H24Si/c1-7-9-10-13(8-2,11(3)4)12(5)6/h2,11-12H,7,9-10H2,1,3-6H3. The van der Waals surface area contributed by atoms with Gasteiger partial charge in [-0.25, -0.2) is 0 Å². The lowest BCUT2D eigenvalue weighted by molar-refractivity contribution is 0.817. The van der Waals surface area contributed by atoms with E-state index in [4.69, 9.17) is 6.42 Å². The molecule has 0 saturated carbocycles. The summed E-state index contributed by atoms with van der Waals surface area (Å²) >= 11 is 0. The number of unbranched alkanes of at least 4 members (excludes halogenated alkanes) is 1. The molecule has 0 heterocycles. The van der Waals surface area contributed by atoms with E-state index in [1.807, 2.05) is 0 Å². The first-order chi connectivity index (χ1) is 6.01. The van der Waals surface area contributed by atoms with Gasteiger partial charge in [0.15, 0.2) is 0 Å². The fourth-order valence-corrected chi connectivity index (χ4v) is 6.36. The Balaban J connectivity index is 4.58. The second-order valence-corrected chi connectivity index (χ2v) is 9.78. The molecule has 76 valence electrons. The quantitative estimate of drug-likeness (QED) is 0.456. The van der Waals surface area contributed by atoms with Gasteiger partial charge >= 0.3 is 0 Å². The lowest BCUT2D eigenvalue weighted by atomic mass is 10.4. The first-order valence-corrected chi connectivity index (χ1v) is 7.85. The molecule has 0 bridgehead atoms. The van der Waals surface area contributed by atoms with Gasteiger partial charge in [0.2, 0.25) is 0 Å². The van der Waals surface area contributed by atoms with Gasteiger partial charge in [-0.05, 0) is 17.1 Å². The molecule has 0 N–H and O–H groups in total. The maximum Gasteiger partial charge on any atom is 0.143 e. The second kappa shape index (κ2) is 5.50. The molecule has 0 unspecified atom stereocenters. The molecule has 0 aliphatic rings. The van der Waals surface area contributed by atoms with Crippen LogP contribution in [0, 0.1) is 12.0 Å². The van der Waals surface area contributed by atoms with E-state index in [0.717, 1.165) is 11.1 Å². The molecule has 0 saturated heterocycles. The van der Waals surface area contributed by atoms with Crippen molar-refractivity contribution in [3.05, 3.63) is 0 Å². The van der Waals surface area contributed by atoms with E-state index in [9.17, 15) is 0 Å². The van der Waals surface area contributed by atoms with E-state index >= 15 is 0 Å². The Bertz CT molecular complexity index is 166. The number of terminal acetylenes is 1. The molecule has 0 aliphatic carbocycles. The zero-order valence-corrected chi connectivity index (χ0v) is 10.9. The highest BCUT2D eigenvalue weighted by atomic mass is 28.3. The van der Waals surface area contributed by atoms with Crippen LogP contribution in [0.3, 0.4) is 0 Å². The molecule has 0 aromatic heterocycles. The van der Waals surface area contributed by atoms with Crippen molar-refractivity contribution < 1.29 is 0 Å². The number of hydrogen-bond donors (Lipinski definition) is 0. The average molecular weight is 196 g/mol. The summed E-state index contributed by atoms with van der Waals surface area (Å²) in [5, 5.41) is 0. The molecule has 0 amide bonds. The van der Waals surface area contributed by atoms with Crippen LogP contribution >= 0.6 is 0 Å². The Morgan fingerprint density at radius 2 is 1.62 bits per heavy atom. The van der Waals surface area contributed by atoms with Gasteiger partial charge in [0.1, 0.15) is 8.07 Å². The van der Waals surface area contributed by atoms with Gasteiger partial charge in [0.25, 0.3) is 0 Å². The Kier molecular flexibility index (Phi) is 5.40. The van der Waals surface area contributed by atoms with Gasteiger partial charge in [-0.2, -0.15) is 0 Å². The van der Waals surface area contributed by atoms with Crippen LogP contribution < -0.4 is 0 Å². The minimum absolute atomic E-state index is 0.726. The predicted molar refractivity (Wildman–Crippen MR) is 64.5 cm³/mol.